The van der Waals surface area contributed by atoms with E-state index in [0.717, 1.165) is 47.8 Å². The van der Waals surface area contributed by atoms with Crippen molar-refractivity contribution in [3.63, 3.8) is 0 Å². The predicted molar refractivity (Wildman–Crippen MR) is 126 cm³/mol. The molecule has 2 heterocycles. The van der Waals surface area contributed by atoms with Crippen LogP contribution in [0.5, 0.6) is 11.5 Å². The van der Waals surface area contributed by atoms with Crippen LogP contribution in [0.3, 0.4) is 0 Å². The van der Waals surface area contributed by atoms with Crippen LogP contribution >= 0.6 is 24.8 Å². The number of phenols is 1. The largest absolute Gasteiger partial charge is 0.508 e. The number of nitrogens with zero attached hydrogens (tertiary/aromatic N) is 2. The number of halogens is 2. The molecule has 0 spiro atoms. The average Bonchev–Trinajstić information content (AvgIpc) is 3.11. The highest BCUT2D eigenvalue weighted by molar-refractivity contribution is 5.85. The number of hydrogen-bond donors (Lipinski definition) is 2. The average molecular weight is 450 g/mol. The third kappa shape index (κ3) is 5.69. The van der Waals surface area contributed by atoms with E-state index in [-0.39, 0.29) is 30.6 Å². The minimum atomic E-state index is 0. The SMILES string of the molecule is Cc1cnn(-c2ccc(O)cc2)c1-c1ccc(OCCC2CCCCN2)cc1.Cl.Cl. The van der Waals surface area contributed by atoms with E-state index < -0.39 is 0 Å². The van der Waals surface area contributed by atoms with Crippen molar-refractivity contribution in [2.45, 2.75) is 38.6 Å². The number of ether oxygens (including phenoxy) is 1. The number of piperidine rings is 1. The van der Waals surface area contributed by atoms with Crippen molar-refractivity contribution in [1.29, 1.82) is 0 Å². The van der Waals surface area contributed by atoms with E-state index in [4.69, 9.17) is 4.74 Å². The van der Waals surface area contributed by atoms with Crippen molar-refractivity contribution >= 4 is 24.8 Å². The number of phenolic OH excluding ortho intramolecular Hbond substituents is 1. The lowest BCUT2D eigenvalue weighted by Crippen LogP contribution is -2.35. The van der Waals surface area contributed by atoms with Gasteiger partial charge in [0.15, 0.2) is 0 Å². The third-order valence-corrected chi connectivity index (χ3v) is 5.32. The molecule has 5 nitrogen and oxygen atoms in total. The molecular weight excluding hydrogens is 421 g/mol. The number of aromatic hydroxyl groups is 1. The molecule has 1 unspecified atom stereocenters. The van der Waals surface area contributed by atoms with Gasteiger partial charge in [-0.3, -0.25) is 0 Å². The quantitative estimate of drug-likeness (QED) is 0.535. The number of hydrogen-bond acceptors (Lipinski definition) is 4. The van der Waals surface area contributed by atoms with Crippen LogP contribution in [0.1, 0.15) is 31.2 Å². The van der Waals surface area contributed by atoms with Crippen LogP contribution in [0.2, 0.25) is 0 Å². The van der Waals surface area contributed by atoms with Crippen molar-refractivity contribution in [2.75, 3.05) is 13.2 Å². The topological polar surface area (TPSA) is 59.3 Å². The van der Waals surface area contributed by atoms with E-state index >= 15 is 0 Å². The fourth-order valence-corrected chi connectivity index (χ4v) is 3.77. The molecule has 162 valence electrons. The molecule has 1 aliphatic rings. The summed E-state index contributed by atoms with van der Waals surface area (Å²) in [7, 11) is 0. The molecular formula is C23H29Cl2N3O2. The standard InChI is InChI=1S/C23H27N3O2.2ClH/c1-17-16-25-26(20-7-9-21(27)10-8-20)23(17)18-5-11-22(12-6-18)28-15-13-19-4-2-3-14-24-19;;/h5-12,16,19,24,27H,2-4,13-15H2,1H3;2*1H. The molecule has 1 saturated heterocycles. The van der Waals surface area contributed by atoms with Gasteiger partial charge in [-0.2, -0.15) is 5.10 Å². The Labute approximate surface area is 190 Å². The fourth-order valence-electron chi connectivity index (χ4n) is 3.77. The summed E-state index contributed by atoms with van der Waals surface area (Å²) in [6.45, 7) is 3.93. The molecule has 4 rings (SSSR count). The van der Waals surface area contributed by atoms with Crippen LogP contribution in [0, 0.1) is 6.92 Å². The van der Waals surface area contributed by atoms with Crippen molar-refractivity contribution in [1.82, 2.24) is 15.1 Å². The maximum atomic E-state index is 9.53. The Bertz CT molecular complexity index is 905. The summed E-state index contributed by atoms with van der Waals surface area (Å²) in [6, 6.07) is 15.9. The second-order valence-electron chi connectivity index (χ2n) is 7.41. The Balaban J connectivity index is 0.00000160. The van der Waals surface area contributed by atoms with Crippen LogP contribution < -0.4 is 10.1 Å². The first-order chi connectivity index (χ1) is 13.7. The summed E-state index contributed by atoms with van der Waals surface area (Å²) in [4.78, 5) is 0. The zero-order valence-corrected chi connectivity index (χ0v) is 18.7. The Morgan fingerprint density at radius 1 is 1.07 bits per heavy atom. The van der Waals surface area contributed by atoms with E-state index in [1.165, 1.54) is 19.3 Å². The Morgan fingerprint density at radius 2 is 1.80 bits per heavy atom. The maximum absolute atomic E-state index is 9.53. The number of rotatable bonds is 6. The highest BCUT2D eigenvalue weighted by atomic mass is 35.5. The summed E-state index contributed by atoms with van der Waals surface area (Å²) in [5.41, 5.74) is 4.15. The van der Waals surface area contributed by atoms with Gasteiger partial charge in [-0.25, -0.2) is 4.68 Å². The molecule has 0 amide bonds. The van der Waals surface area contributed by atoms with Gasteiger partial charge in [0.2, 0.25) is 0 Å². The predicted octanol–water partition coefficient (Wildman–Crippen LogP) is 5.31. The maximum Gasteiger partial charge on any atom is 0.119 e. The van der Waals surface area contributed by atoms with Crippen LogP contribution in [-0.2, 0) is 0 Å². The molecule has 2 aromatic carbocycles. The Kier molecular flexibility index (Phi) is 9.03. The van der Waals surface area contributed by atoms with Crippen LogP contribution in [0.4, 0.5) is 0 Å². The van der Waals surface area contributed by atoms with Gasteiger partial charge >= 0.3 is 0 Å². The lowest BCUT2D eigenvalue weighted by molar-refractivity contribution is 0.268. The second kappa shape index (κ2) is 11.3. The number of aromatic nitrogens is 2. The number of benzene rings is 2. The van der Waals surface area contributed by atoms with Gasteiger partial charge in [-0.05, 0) is 86.8 Å². The Hall–Kier alpha value is -2.21. The highest BCUT2D eigenvalue weighted by Gasteiger charge is 2.13. The smallest absolute Gasteiger partial charge is 0.119 e. The van der Waals surface area contributed by atoms with Gasteiger partial charge < -0.3 is 15.2 Å². The van der Waals surface area contributed by atoms with Crippen molar-refractivity contribution in [3.8, 4) is 28.4 Å². The molecule has 0 bridgehead atoms. The third-order valence-electron chi connectivity index (χ3n) is 5.32. The molecule has 30 heavy (non-hydrogen) atoms. The van der Waals surface area contributed by atoms with E-state index in [9.17, 15) is 5.11 Å². The van der Waals surface area contributed by atoms with Gasteiger partial charge in [0.25, 0.3) is 0 Å². The molecule has 7 heteroatoms. The first-order valence-electron chi connectivity index (χ1n) is 10.0. The van der Waals surface area contributed by atoms with Gasteiger partial charge in [0, 0.05) is 11.6 Å². The molecule has 1 aromatic heterocycles. The molecule has 0 radical (unpaired) electrons. The second-order valence-corrected chi connectivity index (χ2v) is 7.41. The summed E-state index contributed by atoms with van der Waals surface area (Å²) in [5.74, 6) is 1.15. The van der Waals surface area contributed by atoms with E-state index in [0.29, 0.717) is 6.04 Å². The van der Waals surface area contributed by atoms with Gasteiger partial charge in [0.1, 0.15) is 11.5 Å². The lowest BCUT2D eigenvalue weighted by Gasteiger charge is -2.23. The van der Waals surface area contributed by atoms with Crippen LogP contribution in [-0.4, -0.2) is 34.1 Å². The normalized spacial score (nSPS) is 15.7. The van der Waals surface area contributed by atoms with Gasteiger partial charge in [-0.15, -0.1) is 24.8 Å². The molecule has 1 atom stereocenters. The molecule has 1 fully saturated rings. The van der Waals surface area contributed by atoms with E-state index in [2.05, 4.69) is 29.5 Å². The van der Waals surface area contributed by atoms with E-state index in [1.807, 2.05) is 35.1 Å². The van der Waals surface area contributed by atoms with Crippen LogP contribution in [0.25, 0.3) is 16.9 Å². The minimum Gasteiger partial charge on any atom is -0.508 e. The van der Waals surface area contributed by atoms with Gasteiger partial charge in [0.05, 0.1) is 24.2 Å². The van der Waals surface area contributed by atoms with Crippen LogP contribution in [0.15, 0.2) is 54.7 Å². The monoisotopic (exact) mass is 449 g/mol. The molecule has 2 N–H and O–H groups in total. The zero-order chi connectivity index (χ0) is 19.3. The zero-order valence-electron chi connectivity index (χ0n) is 17.1. The fraction of sp³-hybridized carbons (Fsp3) is 0.348. The first-order valence-corrected chi connectivity index (χ1v) is 10.0. The lowest BCUT2D eigenvalue weighted by atomic mass is 10.0. The molecule has 3 aromatic rings. The summed E-state index contributed by atoms with van der Waals surface area (Å²) < 4.78 is 7.85. The summed E-state index contributed by atoms with van der Waals surface area (Å²) in [5, 5.41) is 17.6. The number of aryl methyl sites for hydroxylation is 1. The molecule has 0 aliphatic carbocycles. The highest BCUT2D eigenvalue weighted by Crippen LogP contribution is 2.28. The first kappa shape index (κ1) is 24.1. The van der Waals surface area contributed by atoms with E-state index in [1.54, 1.807) is 12.1 Å². The van der Waals surface area contributed by atoms with Crippen molar-refractivity contribution < 1.29 is 9.84 Å². The van der Waals surface area contributed by atoms with Crippen molar-refractivity contribution in [3.05, 3.63) is 60.3 Å². The molecule has 0 saturated carbocycles. The summed E-state index contributed by atoms with van der Waals surface area (Å²) in [6.07, 6.45) is 6.78. The summed E-state index contributed by atoms with van der Waals surface area (Å²) >= 11 is 0. The molecule has 1 aliphatic heterocycles. The van der Waals surface area contributed by atoms with Crippen molar-refractivity contribution in [2.24, 2.45) is 0 Å². The minimum absolute atomic E-state index is 0. The van der Waals surface area contributed by atoms with Gasteiger partial charge in [-0.1, -0.05) is 6.42 Å². The Morgan fingerprint density at radius 3 is 2.47 bits per heavy atom. The number of nitrogens with one attached hydrogen (secondary N) is 1.